The van der Waals surface area contributed by atoms with Crippen molar-refractivity contribution in [1.29, 1.82) is 0 Å². The van der Waals surface area contributed by atoms with Gasteiger partial charge in [-0.25, -0.2) is 10.8 Å². The van der Waals surface area contributed by atoms with Crippen molar-refractivity contribution < 1.29 is 17.9 Å². The summed E-state index contributed by atoms with van der Waals surface area (Å²) in [5.74, 6) is 5.42. The number of ether oxygens (including phenoxy) is 1. The summed E-state index contributed by atoms with van der Waals surface area (Å²) < 4.78 is 43.8. The molecule has 0 radical (unpaired) electrons. The molecule has 1 unspecified atom stereocenters. The van der Waals surface area contributed by atoms with Crippen LogP contribution < -0.4 is 16.2 Å². The average Bonchev–Trinajstić information content (AvgIpc) is 2.46. The smallest absolute Gasteiger partial charge is 0.383 e. The summed E-state index contributed by atoms with van der Waals surface area (Å²) in [5, 5.41) is 0. The van der Waals surface area contributed by atoms with Crippen LogP contribution in [-0.4, -0.2) is 31.3 Å². The Hall–Kier alpha value is -1.54. The van der Waals surface area contributed by atoms with Crippen molar-refractivity contribution in [3.05, 3.63) is 17.7 Å². The van der Waals surface area contributed by atoms with Crippen LogP contribution in [0.3, 0.4) is 0 Å². The molecule has 1 rings (SSSR count). The van der Waals surface area contributed by atoms with Crippen molar-refractivity contribution in [1.82, 2.24) is 4.98 Å². The number of methoxy groups -OCH3 is 1. The van der Waals surface area contributed by atoms with E-state index in [0.29, 0.717) is 13.2 Å². The molecule has 3 N–H and O–H groups in total. The van der Waals surface area contributed by atoms with Crippen molar-refractivity contribution in [2.75, 3.05) is 30.6 Å². The van der Waals surface area contributed by atoms with Crippen LogP contribution in [0, 0.1) is 0 Å². The van der Waals surface area contributed by atoms with E-state index in [1.807, 2.05) is 13.8 Å². The van der Waals surface area contributed by atoms with Crippen LogP contribution in [0.5, 0.6) is 0 Å². The van der Waals surface area contributed by atoms with Crippen LogP contribution in [0.15, 0.2) is 12.1 Å². The number of hydrogen-bond acceptors (Lipinski definition) is 5. The van der Waals surface area contributed by atoms with E-state index in [0.717, 1.165) is 18.6 Å². The highest BCUT2D eigenvalue weighted by molar-refractivity contribution is 5.51. The van der Waals surface area contributed by atoms with Gasteiger partial charge in [-0.1, -0.05) is 6.92 Å². The molecule has 21 heavy (non-hydrogen) atoms. The van der Waals surface area contributed by atoms with Crippen LogP contribution in [0.25, 0.3) is 0 Å². The highest BCUT2D eigenvalue weighted by atomic mass is 19.4. The number of rotatable bonds is 7. The first-order valence-corrected chi connectivity index (χ1v) is 6.65. The van der Waals surface area contributed by atoms with Gasteiger partial charge in [-0.15, -0.1) is 0 Å². The Morgan fingerprint density at radius 2 is 2.10 bits per heavy atom. The molecule has 8 heteroatoms. The number of alkyl halides is 3. The van der Waals surface area contributed by atoms with E-state index >= 15 is 0 Å². The number of nitrogens with zero attached hydrogens (tertiary/aromatic N) is 2. The third-order valence-electron chi connectivity index (χ3n) is 3.24. The first kappa shape index (κ1) is 17.5. The molecule has 0 saturated carbocycles. The van der Waals surface area contributed by atoms with Crippen LogP contribution in [-0.2, 0) is 10.9 Å². The predicted molar refractivity (Wildman–Crippen MR) is 76.0 cm³/mol. The van der Waals surface area contributed by atoms with Crippen LogP contribution in [0.4, 0.5) is 24.8 Å². The molecule has 1 atom stereocenters. The molecule has 0 aromatic carbocycles. The standard InChI is InChI=1S/C13H21F3N4O/c1-4-9(2)20(5-6-21-3)12-8-10(13(14,15)16)7-11(18-12)19-17/h7-9H,4-6,17H2,1-3H3,(H,18,19). The monoisotopic (exact) mass is 306 g/mol. The second-order valence-electron chi connectivity index (χ2n) is 4.68. The lowest BCUT2D eigenvalue weighted by Crippen LogP contribution is -2.36. The topological polar surface area (TPSA) is 63.4 Å². The third-order valence-corrected chi connectivity index (χ3v) is 3.24. The summed E-state index contributed by atoms with van der Waals surface area (Å²) in [6, 6.07) is 1.94. The van der Waals surface area contributed by atoms with Crippen molar-refractivity contribution in [2.24, 2.45) is 5.84 Å². The molecule has 0 spiro atoms. The summed E-state index contributed by atoms with van der Waals surface area (Å²) in [7, 11) is 1.54. The first-order valence-electron chi connectivity index (χ1n) is 6.65. The summed E-state index contributed by atoms with van der Waals surface area (Å²) in [5.41, 5.74) is 1.39. The molecule has 0 fully saturated rings. The SMILES string of the molecule is CCC(C)N(CCOC)c1cc(C(F)(F)F)cc(NN)n1. The number of pyridine rings is 1. The maximum absolute atomic E-state index is 12.9. The van der Waals surface area contributed by atoms with Crippen molar-refractivity contribution in [2.45, 2.75) is 32.5 Å². The van der Waals surface area contributed by atoms with Crippen molar-refractivity contribution >= 4 is 11.6 Å². The minimum Gasteiger partial charge on any atom is -0.383 e. The Balaban J connectivity index is 3.22. The highest BCUT2D eigenvalue weighted by Crippen LogP contribution is 2.33. The van der Waals surface area contributed by atoms with Gasteiger partial charge in [0.15, 0.2) is 0 Å². The fraction of sp³-hybridized carbons (Fsp3) is 0.615. The van der Waals surface area contributed by atoms with Crippen LogP contribution in [0.1, 0.15) is 25.8 Å². The van der Waals surface area contributed by atoms with Gasteiger partial charge in [0.2, 0.25) is 0 Å². The summed E-state index contributed by atoms with van der Waals surface area (Å²) in [6.07, 6.45) is -3.68. The van der Waals surface area contributed by atoms with E-state index in [1.54, 1.807) is 12.0 Å². The van der Waals surface area contributed by atoms with Gasteiger partial charge in [-0.2, -0.15) is 13.2 Å². The molecular weight excluding hydrogens is 285 g/mol. The van der Waals surface area contributed by atoms with Gasteiger partial charge in [0.1, 0.15) is 11.6 Å². The molecule has 5 nitrogen and oxygen atoms in total. The zero-order chi connectivity index (χ0) is 16.0. The zero-order valence-corrected chi connectivity index (χ0v) is 12.4. The number of aromatic nitrogens is 1. The van der Waals surface area contributed by atoms with E-state index in [9.17, 15) is 13.2 Å². The molecule has 0 bridgehead atoms. The van der Waals surface area contributed by atoms with Crippen molar-refractivity contribution in [3.63, 3.8) is 0 Å². The highest BCUT2D eigenvalue weighted by Gasteiger charge is 2.32. The second kappa shape index (κ2) is 7.46. The minimum atomic E-state index is -4.45. The van der Waals surface area contributed by atoms with Crippen LogP contribution in [0.2, 0.25) is 0 Å². The Kier molecular flexibility index (Phi) is 6.22. The summed E-state index contributed by atoms with van der Waals surface area (Å²) in [6.45, 7) is 4.73. The number of nitrogens with two attached hydrogens (primary N) is 1. The maximum atomic E-state index is 12.9. The average molecular weight is 306 g/mol. The summed E-state index contributed by atoms with van der Waals surface area (Å²) in [4.78, 5) is 5.90. The zero-order valence-electron chi connectivity index (χ0n) is 12.4. The first-order chi connectivity index (χ1) is 9.83. The minimum absolute atomic E-state index is 0.0226. The van der Waals surface area contributed by atoms with Crippen LogP contribution >= 0.6 is 0 Å². The number of halogens is 3. The predicted octanol–water partition coefficient (Wildman–Crippen LogP) is 2.64. The molecule has 0 aliphatic carbocycles. The Labute approximate surface area is 122 Å². The van der Waals surface area contributed by atoms with E-state index in [1.165, 1.54) is 0 Å². The van der Waals surface area contributed by atoms with E-state index in [4.69, 9.17) is 10.6 Å². The molecular formula is C13H21F3N4O. The normalized spacial score (nSPS) is 13.1. The number of nitrogen functional groups attached to an aromatic ring is 1. The van der Waals surface area contributed by atoms with E-state index in [-0.39, 0.29) is 17.7 Å². The van der Waals surface area contributed by atoms with Gasteiger partial charge in [0.25, 0.3) is 0 Å². The lowest BCUT2D eigenvalue weighted by molar-refractivity contribution is -0.137. The Morgan fingerprint density at radius 1 is 1.43 bits per heavy atom. The van der Waals surface area contributed by atoms with Gasteiger partial charge in [-0.05, 0) is 25.5 Å². The number of nitrogens with one attached hydrogen (secondary N) is 1. The lowest BCUT2D eigenvalue weighted by Gasteiger charge is -2.30. The maximum Gasteiger partial charge on any atom is 0.416 e. The van der Waals surface area contributed by atoms with E-state index < -0.39 is 11.7 Å². The second-order valence-corrected chi connectivity index (χ2v) is 4.68. The number of anilines is 2. The molecule has 0 saturated heterocycles. The fourth-order valence-corrected chi connectivity index (χ4v) is 1.87. The van der Waals surface area contributed by atoms with Gasteiger partial charge in [0, 0.05) is 19.7 Å². The Bertz CT molecular complexity index is 454. The molecule has 0 aliphatic heterocycles. The lowest BCUT2D eigenvalue weighted by atomic mass is 10.2. The molecule has 0 aliphatic rings. The fourth-order valence-electron chi connectivity index (χ4n) is 1.87. The number of hydrogen-bond donors (Lipinski definition) is 2. The Morgan fingerprint density at radius 3 is 2.57 bits per heavy atom. The molecule has 1 aromatic heterocycles. The molecule has 1 aromatic rings. The quantitative estimate of drug-likeness (QED) is 0.599. The summed E-state index contributed by atoms with van der Waals surface area (Å²) >= 11 is 0. The van der Waals surface area contributed by atoms with Gasteiger partial charge >= 0.3 is 6.18 Å². The molecule has 0 amide bonds. The molecule has 120 valence electrons. The van der Waals surface area contributed by atoms with Gasteiger partial charge in [-0.3, -0.25) is 0 Å². The third kappa shape index (κ3) is 4.75. The van der Waals surface area contributed by atoms with Gasteiger partial charge in [0.05, 0.1) is 12.2 Å². The molecule has 1 heterocycles. The largest absolute Gasteiger partial charge is 0.416 e. The van der Waals surface area contributed by atoms with Crippen molar-refractivity contribution in [3.8, 4) is 0 Å². The van der Waals surface area contributed by atoms with Gasteiger partial charge < -0.3 is 15.1 Å². The number of hydrazine groups is 1. The van der Waals surface area contributed by atoms with E-state index in [2.05, 4.69) is 10.4 Å².